The minimum absolute atomic E-state index is 0.0296. The van der Waals surface area contributed by atoms with E-state index in [-0.39, 0.29) is 17.5 Å². The Kier molecular flexibility index (Phi) is 4.17. The molecule has 1 aromatic rings. The molecule has 0 unspecified atom stereocenters. The van der Waals surface area contributed by atoms with Crippen LogP contribution in [-0.2, 0) is 4.79 Å². The van der Waals surface area contributed by atoms with E-state index in [0.717, 1.165) is 12.8 Å². The van der Waals surface area contributed by atoms with Gasteiger partial charge in [0.1, 0.15) is 5.75 Å². The Balaban J connectivity index is 2.12. The average molecular weight is 297 g/mol. The molecule has 1 N–H and O–H groups in total. The molecule has 1 aromatic carbocycles. The second-order valence-electron chi connectivity index (χ2n) is 4.95. The van der Waals surface area contributed by atoms with Crippen LogP contribution in [0.15, 0.2) is 23.1 Å². The van der Waals surface area contributed by atoms with Crippen molar-refractivity contribution in [1.29, 1.82) is 0 Å². The molecule has 0 atom stereocenters. The molecular formula is C13H15NO5S. The zero-order valence-electron chi connectivity index (χ0n) is 11.0. The predicted octanol–water partition coefficient (Wildman–Crippen LogP) is 2.95. The zero-order valence-corrected chi connectivity index (χ0v) is 11.8. The minimum Gasteiger partial charge on any atom is -0.497 e. The number of carboxylic acid groups (broad SMARTS) is 1. The lowest BCUT2D eigenvalue weighted by molar-refractivity contribution is -0.387. The largest absolute Gasteiger partial charge is 0.497 e. The monoisotopic (exact) mass is 297 g/mol. The molecule has 0 heterocycles. The van der Waals surface area contributed by atoms with Gasteiger partial charge in [0.25, 0.3) is 5.69 Å². The summed E-state index contributed by atoms with van der Waals surface area (Å²) in [4.78, 5) is 21.9. The number of carbonyl (C=O) groups is 1. The fraction of sp³-hybridized carbons (Fsp3) is 0.462. The van der Waals surface area contributed by atoms with Gasteiger partial charge in [-0.25, -0.2) is 0 Å². The predicted molar refractivity (Wildman–Crippen MR) is 74.3 cm³/mol. The molecule has 0 saturated heterocycles. The van der Waals surface area contributed by atoms with Crippen molar-refractivity contribution in [1.82, 2.24) is 0 Å². The number of benzene rings is 1. The normalized spacial score (nSPS) is 15.7. The van der Waals surface area contributed by atoms with Crippen LogP contribution in [0.5, 0.6) is 5.75 Å². The first kappa shape index (κ1) is 14.6. The van der Waals surface area contributed by atoms with Crippen molar-refractivity contribution >= 4 is 23.4 Å². The second kappa shape index (κ2) is 5.70. The number of hydrogen-bond donors (Lipinski definition) is 1. The van der Waals surface area contributed by atoms with Crippen LogP contribution in [0, 0.1) is 15.5 Å². The van der Waals surface area contributed by atoms with Gasteiger partial charge < -0.3 is 9.84 Å². The van der Waals surface area contributed by atoms with Crippen molar-refractivity contribution in [3.05, 3.63) is 28.3 Å². The minimum atomic E-state index is -0.816. The highest BCUT2D eigenvalue weighted by Crippen LogP contribution is 2.52. The van der Waals surface area contributed by atoms with Crippen molar-refractivity contribution in [2.45, 2.75) is 24.2 Å². The SMILES string of the molecule is COc1ccc([N+](=O)[O-])c(SCC2(CC(=O)O)CC2)c1. The Morgan fingerprint density at radius 3 is 2.75 bits per heavy atom. The fourth-order valence-corrected chi connectivity index (χ4v) is 3.33. The Hall–Kier alpha value is -1.76. The van der Waals surface area contributed by atoms with Crippen molar-refractivity contribution in [2.75, 3.05) is 12.9 Å². The van der Waals surface area contributed by atoms with E-state index in [0.29, 0.717) is 16.4 Å². The summed E-state index contributed by atoms with van der Waals surface area (Å²) >= 11 is 1.33. The highest BCUT2D eigenvalue weighted by molar-refractivity contribution is 7.99. The van der Waals surface area contributed by atoms with E-state index in [1.807, 2.05) is 0 Å². The van der Waals surface area contributed by atoms with E-state index in [2.05, 4.69) is 0 Å². The molecule has 6 nitrogen and oxygen atoms in total. The average Bonchev–Trinajstić information content (AvgIpc) is 3.15. The van der Waals surface area contributed by atoms with Gasteiger partial charge in [-0.3, -0.25) is 14.9 Å². The highest BCUT2D eigenvalue weighted by atomic mass is 32.2. The molecule has 20 heavy (non-hydrogen) atoms. The Morgan fingerprint density at radius 2 is 2.25 bits per heavy atom. The molecule has 2 rings (SSSR count). The smallest absolute Gasteiger partial charge is 0.303 e. The van der Waals surface area contributed by atoms with E-state index in [9.17, 15) is 14.9 Å². The molecule has 0 amide bonds. The number of nitro groups is 1. The van der Waals surface area contributed by atoms with Gasteiger partial charge in [-0.05, 0) is 24.3 Å². The molecule has 1 aliphatic carbocycles. The van der Waals surface area contributed by atoms with Crippen LogP contribution < -0.4 is 4.74 Å². The third-order valence-corrected chi connectivity index (χ3v) is 4.78. The molecule has 0 spiro atoms. The second-order valence-corrected chi connectivity index (χ2v) is 5.97. The van der Waals surface area contributed by atoms with E-state index >= 15 is 0 Å². The molecule has 0 bridgehead atoms. The van der Waals surface area contributed by atoms with Crippen LogP contribution in [-0.4, -0.2) is 28.9 Å². The third kappa shape index (κ3) is 3.41. The summed E-state index contributed by atoms with van der Waals surface area (Å²) in [6.07, 6.45) is 1.85. The summed E-state index contributed by atoms with van der Waals surface area (Å²) in [6.45, 7) is 0. The van der Waals surface area contributed by atoms with Crippen LogP contribution in [0.4, 0.5) is 5.69 Å². The van der Waals surface area contributed by atoms with Gasteiger partial charge in [0.2, 0.25) is 0 Å². The fourth-order valence-electron chi connectivity index (χ4n) is 1.99. The molecule has 0 radical (unpaired) electrons. The molecule has 1 fully saturated rings. The number of methoxy groups -OCH3 is 1. The van der Waals surface area contributed by atoms with Gasteiger partial charge in [-0.1, -0.05) is 0 Å². The van der Waals surface area contributed by atoms with Crippen molar-refractivity contribution in [3.63, 3.8) is 0 Å². The maximum Gasteiger partial charge on any atom is 0.303 e. The lowest BCUT2D eigenvalue weighted by atomic mass is 10.1. The van der Waals surface area contributed by atoms with E-state index < -0.39 is 10.9 Å². The van der Waals surface area contributed by atoms with E-state index in [1.165, 1.54) is 24.9 Å². The van der Waals surface area contributed by atoms with Gasteiger partial charge in [-0.15, -0.1) is 11.8 Å². The maximum absolute atomic E-state index is 11.0. The number of rotatable bonds is 7. The lowest BCUT2D eigenvalue weighted by Crippen LogP contribution is -2.11. The zero-order chi connectivity index (χ0) is 14.8. The number of carboxylic acids is 1. The maximum atomic E-state index is 11.0. The van der Waals surface area contributed by atoms with Crippen LogP contribution >= 0.6 is 11.8 Å². The summed E-state index contributed by atoms with van der Waals surface area (Å²) in [6, 6.07) is 4.59. The molecular weight excluding hydrogens is 282 g/mol. The first-order valence-corrected chi connectivity index (χ1v) is 7.11. The van der Waals surface area contributed by atoms with Crippen LogP contribution in [0.3, 0.4) is 0 Å². The van der Waals surface area contributed by atoms with Gasteiger partial charge in [0, 0.05) is 17.9 Å². The standard InChI is InChI=1S/C13H15NO5S/c1-19-9-2-3-10(14(17)18)11(6-9)20-8-13(4-5-13)7-12(15)16/h2-3,6H,4-5,7-8H2,1H3,(H,15,16). The number of thioether (sulfide) groups is 1. The van der Waals surface area contributed by atoms with Crippen LogP contribution in [0.25, 0.3) is 0 Å². The van der Waals surface area contributed by atoms with Gasteiger partial charge in [0.15, 0.2) is 0 Å². The Morgan fingerprint density at radius 1 is 1.55 bits per heavy atom. The molecule has 1 saturated carbocycles. The van der Waals surface area contributed by atoms with Crippen LogP contribution in [0.1, 0.15) is 19.3 Å². The number of nitrogens with zero attached hydrogens (tertiary/aromatic N) is 1. The van der Waals surface area contributed by atoms with E-state index in [4.69, 9.17) is 9.84 Å². The Labute approximate surface area is 120 Å². The number of hydrogen-bond acceptors (Lipinski definition) is 5. The molecule has 7 heteroatoms. The lowest BCUT2D eigenvalue weighted by Gasteiger charge is -2.12. The van der Waals surface area contributed by atoms with Gasteiger partial charge in [0.05, 0.1) is 23.3 Å². The van der Waals surface area contributed by atoms with Gasteiger partial charge in [-0.2, -0.15) is 0 Å². The summed E-state index contributed by atoms with van der Waals surface area (Å²) in [5, 5.41) is 19.9. The number of ether oxygens (including phenoxy) is 1. The quantitative estimate of drug-likeness (QED) is 0.473. The van der Waals surface area contributed by atoms with Crippen molar-refractivity contribution < 1.29 is 19.6 Å². The Bertz CT molecular complexity index is 542. The number of aliphatic carboxylic acids is 1. The summed E-state index contributed by atoms with van der Waals surface area (Å²) in [5.41, 5.74) is -0.171. The van der Waals surface area contributed by atoms with Gasteiger partial charge >= 0.3 is 5.97 Å². The highest BCUT2D eigenvalue weighted by Gasteiger charge is 2.44. The van der Waals surface area contributed by atoms with E-state index in [1.54, 1.807) is 12.1 Å². The first-order valence-electron chi connectivity index (χ1n) is 6.13. The third-order valence-electron chi connectivity index (χ3n) is 3.38. The topological polar surface area (TPSA) is 89.7 Å². The van der Waals surface area contributed by atoms with Crippen molar-refractivity contribution in [3.8, 4) is 5.75 Å². The summed E-state index contributed by atoms with van der Waals surface area (Å²) < 4.78 is 5.07. The number of nitro benzene ring substituents is 1. The summed E-state index contributed by atoms with van der Waals surface area (Å²) in [7, 11) is 1.50. The molecule has 108 valence electrons. The van der Waals surface area contributed by atoms with Crippen molar-refractivity contribution in [2.24, 2.45) is 5.41 Å². The molecule has 1 aliphatic rings. The molecule has 0 aliphatic heterocycles. The van der Waals surface area contributed by atoms with Crippen LogP contribution in [0.2, 0.25) is 0 Å². The summed E-state index contributed by atoms with van der Waals surface area (Å²) in [5.74, 6) is 0.317. The molecule has 0 aromatic heterocycles. The first-order chi connectivity index (χ1) is 9.46.